The topological polar surface area (TPSA) is 67.8 Å². The summed E-state index contributed by atoms with van der Waals surface area (Å²) >= 11 is 0. The monoisotopic (exact) mass is 478 g/mol. The van der Waals surface area contributed by atoms with E-state index in [2.05, 4.69) is 39.4 Å². The normalized spacial score (nSPS) is 14.7. The van der Waals surface area contributed by atoms with Crippen molar-refractivity contribution in [1.29, 1.82) is 0 Å². The smallest absolute Gasteiger partial charge is 0.231 e. The summed E-state index contributed by atoms with van der Waals surface area (Å²) in [6.07, 6.45) is 0.416. The Morgan fingerprint density at radius 1 is 0.722 bits per heavy atom. The van der Waals surface area contributed by atoms with E-state index < -0.39 is 0 Å². The van der Waals surface area contributed by atoms with Crippen LogP contribution in [0, 0.1) is 0 Å². The fraction of sp³-hybridized carbons (Fsp3) is 0.207. The van der Waals surface area contributed by atoms with E-state index in [1.54, 1.807) is 0 Å². The van der Waals surface area contributed by atoms with Crippen LogP contribution in [0.15, 0.2) is 84.9 Å². The van der Waals surface area contributed by atoms with Gasteiger partial charge in [-0.2, -0.15) is 0 Å². The maximum Gasteiger partial charge on any atom is 0.231 e. The van der Waals surface area contributed by atoms with Crippen molar-refractivity contribution in [3.05, 3.63) is 90.5 Å². The molecule has 6 rings (SSSR count). The van der Waals surface area contributed by atoms with Crippen molar-refractivity contribution in [3.8, 4) is 33.9 Å². The van der Waals surface area contributed by atoms with E-state index in [9.17, 15) is 4.79 Å². The third-order valence-corrected chi connectivity index (χ3v) is 6.69. The fourth-order valence-corrected chi connectivity index (χ4v) is 4.62. The highest BCUT2D eigenvalue weighted by molar-refractivity contribution is 5.79. The van der Waals surface area contributed by atoms with Crippen molar-refractivity contribution in [2.75, 3.05) is 37.9 Å². The van der Waals surface area contributed by atoms with Gasteiger partial charge in [-0.05, 0) is 47.0 Å². The number of nitrogens with zero attached hydrogens (tertiary/aromatic N) is 4. The van der Waals surface area contributed by atoms with Crippen LogP contribution in [0.1, 0.15) is 5.56 Å². The van der Waals surface area contributed by atoms with Gasteiger partial charge in [0.2, 0.25) is 12.7 Å². The molecule has 0 unspecified atom stereocenters. The van der Waals surface area contributed by atoms with Gasteiger partial charge in [-0.25, -0.2) is 0 Å². The van der Waals surface area contributed by atoms with Gasteiger partial charge in [0, 0.05) is 31.7 Å². The first-order chi connectivity index (χ1) is 17.7. The quantitative estimate of drug-likeness (QED) is 0.423. The third kappa shape index (κ3) is 4.60. The number of aromatic nitrogens is 2. The Hall–Kier alpha value is -4.39. The number of benzene rings is 3. The van der Waals surface area contributed by atoms with Gasteiger partial charge in [0.25, 0.3) is 0 Å². The number of hydrogen-bond donors (Lipinski definition) is 0. The van der Waals surface area contributed by atoms with Crippen molar-refractivity contribution < 1.29 is 14.3 Å². The van der Waals surface area contributed by atoms with Crippen LogP contribution >= 0.6 is 0 Å². The summed E-state index contributed by atoms with van der Waals surface area (Å²) in [5.41, 5.74) is 5.09. The Morgan fingerprint density at radius 3 is 2.19 bits per heavy atom. The molecule has 4 aromatic rings. The maximum atomic E-state index is 12.9. The Kier molecular flexibility index (Phi) is 5.95. The molecule has 0 bridgehead atoms. The van der Waals surface area contributed by atoms with Gasteiger partial charge in [-0.15, -0.1) is 10.2 Å². The van der Waals surface area contributed by atoms with E-state index in [0.717, 1.165) is 52.8 Å². The highest BCUT2D eigenvalue weighted by Gasteiger charge is 2.22. The first kappa shape index (κ1) is 22.1. The van der Waals surface area contributed by atoms with Crippen LogP contribution in [0.4, 0.5) is 5.82 Å². The van der Waals surface area contributed by atoms with Gasteiger partial charge < -0.3 is 19.3 Å². The Morgan fingerprint density at radius 2 is 1.44 bits per heavy atom. The number of anilines is 1. The van der Waals surface area contributed by atoms with Gasteiger partial charge in [-0.3, -0.25) is 4.79 Å². The SMILES string of the molecule is O=C(Cc1ccc(-c2ccccc2)cc1)N1CCN(c2ccc(-c3ccc4c(c3)OCO4)nn2)CC1. The van der Waals surface area contributed by atoms with Crippen molar-refractivity contribution in [1.82, 2.24) is 15.1 Å². The molecule has 0 atom stereocenters. The summed E-state index contributed by atoms with van der Waals surface area (Å²) < 4.78 is 10.8. The predicted octanol–water partition coefficient (Wildman–Crippen LogP) is 4.43. The van der Waals surface area contributed by atoms with E-state index >= 15 is 0 Å². The molecule has 1 saturated heterocycles. The lowest BCUT2D eigenvalue weighted by molar-refractivity contribution is -0.130. The van der Waals surface area contributed by atoms with Gasteiger partial charge in [0.05, 0.1) is 12.1 Å². The number of hydrogen-bond acceptors (Lipinski definition) is 6. The Balaban J connectivity index is 1.03. The van der Waals surface area contributed by atoms with Crippen LogP contribution in [0.3, 0.4) is 0 Å². The van der Waals surface area contributed by atoms with Gasteiger partial charge in [0.15, 0.2) is 17.3 Å². The molecule has 7 nitrogen and oxygen atoms in total. The van der Waals surface area contributed by atoms with E-state index in [1.807, 2.05) is 65.6 Å². The molecule has 0 aliphatic carbocycles. The minimum absolute atomic E-state index is 0.159. The predicted molar refractivity (Wildman–Crippen MR) is 138 cm³/mol. The molecule has 0 radical (unpaired) electrons. The Bertz CT molecular complexity index is 1350. The zero-order valence-corrected chi connectivity index (χ0v) is 19.8. The lowest BCUT2D eigenvalue weighted by atomic mass is 10.0. The summed E-state index contributed by atoms with van der Waals surface area (Å²) in [5, 5.41) is 8.86. The van der Waals surface area contributed by atoms with E-state index in [4.69, 9.17) is 9.47 Å². The molecule has 1 fully saturated rings. The van der Waals surface area contributed by atoms with E-state index in [0.29, 0.717) is 19.5 Å². The zero-order chi connectivity index (χ0) is 24.3. The number of carbonyl (C=O) groups is 1. The second kappa shape index (κ2) is 9.70. The molecule has 7 heteroatoms. The third-order valence-electron chi connectivity index (χ3n) is 6.69. The highest BCUT2D eigenvalue weighted by Crippen LogP contribution is 2.35. The molecule has 0 N–H and O–H groups in total. The molecule has 36 heavy (non-hydrogen) atoms. The first-order valence-electron chi connectivity index (χ1n) is 12.1. The molecule has 3 heterocycles. The summed E-state index contributed by atoms with van der Waals surface area (Å²) in [6.45, 7) is 3.06. The second-order valence-corrected chi connectivity index (χ2v) is 8.95. The number of ether oxygens (including phenoxy) is 2. The number of carbonyl (C=O) groups excluding carboxylic acids is 1. The largest absolute Gasteiger partial charge is 0.454 e. The fourth-order valence-electron chi connectivity index (χ4n) is 4.62. The minimum atomic E-state index is 0.159. The Labute approximate surface area is 209 Å². The van der Waals surface area contributed by atoms with Crippen LogP contribution in [0.25, 0.3) is 22.4 Å². The molecule has 2 aliphatic heterocycles. The van der Waals surface area contributed by atoms with Gasteiger partial charge in [-0.1, -0.05) is 54.6 Å². The van der Waals surface area contributed by atoms with Crippen LogP contribution in [-0.4, -0.2) is 54.0 Å². The lowest BCUT2D eigenvalue weighted by Crippen LogP contribution is -2.49. The van der Waals surface area contributed by atoms with Gasteiger partial charge >= 0.3 is 0 Å². The average molecular weight is 479 g/mol. The minimum Gasteiger partial charge on any atom is -0.454 e. The van der Waals surface area contributed by atoms with Crippen LogP contribution in [-0.2, 0) is 11.2 Å². The molecule has 3 aromatic carbocycles. The summed E-state index contributed by atoms with van der Waals surface area (Å²) in [6, 6.07) is 28.3. The standard InChI is InChI=1S/C29H26N4O3/c34-29(18-21-6-8-23(9-7-21)22-4-2-1-3-5-22)33-16-14-32(15-17-33)28-13-11-25(30-31-28)24-10-12-26-27(19-24)36-20-35-26/h1-13,19H,14-18,20H2. The van der Waals surface area contributed by atoms with E-state index in [-0.39, 0.29) is 12.7 Å². The molecule has 1 amide bonds. The van der Waals surface area contributed by atoms with Crippen LogP contribution in [0.5, 0.6) is 11.5 Å². The molecule has 0 spiro atoms. The van der Waals surface area contributed by atoms with Crippen LogP contribution in [0.2, 0.25) is 0 Å². The highest BCUT2D eigenvalue weighted by atomic mass is 16.7. The van der Waals surface area contributed by atoms with Gasteiger partial charge in [0.1, 0.15) is 0 Å². The number of rotatable bonds is 5. The molecular weight excluding hydrogens is 452 g/mol. The van der Waals surface area contributed by atoms with E-state index in [1.165, 1.54) is 5.56 Å². The molecule has 0 saturated carbocycles. The summed E-state index contributed by atoms with van der Waals surface area (Å²) in [5.74, 6) is 2.46. The maximum absolute atomic E-state index is 12.9. The molecular formula is C29H26N4O3. The average Bonchev–Trinajstić information content (AvgIpc) is 3.42. The molecule has 180 valence electrons. The first-order valence-corrected chi connectivity index (χ1v) is 12.1. The summed E-state index contributed by atoms with van der Waals surface area (Å²) in [4.78, 5) is 17.0. The number of fused-ring (bicyclic) bond motifs is 1. The number of amides is 1. The van der Waals surface area contributed by atoms with Crippen LogP contribution < -0.4 is 14.4 Å². The van der Waals surface area contributed by atoms with Crippen molar-refractivity contribution in [3.63, 3.8) is 0 Å². The molecule has 2 aliphatic rings. The molecule has 1 aromatic heterocycles. The zero-order valence-electron chi connectivity index (χ0n) is 19.8. The summed E-state index contributed by atoms with van der Waals surface area (Å²) in [7, 11) is 0. The lowest BCUT2D eigenvalue weighted by Gasteiger charge is -2.35. The van der Waals surface area contributed by atoms with Crippen molar-refractivity contribution in [2.45, 2.75) is 6.42 Å². The van der Waals surface area contributed by atoms with Crippen molar-refractivity contribution >= 4 is 11.7 Å². The number of piperazine rings is 1. The second-order valence-electron chi connectivity index (χ2n) is 8.95. The van der Waals surface area contributed by atoms with Crippen molar-refractivity contribution in [2.24, 2.45) is 0 Å².